The van der Waals surface area contributed by atoms with Crippen LogP contribution in [-0.2, 0) is 11.3 Å². The number of aromatic nitrogens is 4. The van der Waals surface area contributed by atoms with Gasteiger partial charge < -0.3 is 41.6 Å². The average Bonchev–Trinajstić information content (AvgIpc) is 3.02. The lowest BCUT2D eigenvalue weighted by atomic mass is 10.1. The molecule has 0 aliphatic carbocycles. The van der Waals surface area contributed by atoms with Crippen molar-refractivity contribution < 1.29 is 31.0 Å². The highest BCUT2D eigenvalue weighted by Crippen LogP contribution is 2.30. The molecule has 0 unspecified atom stereocenters. The number of anilines is 1. The van der Waals surface area contributed by atoms with E-state index in [9.17, 15) is 24.9 Å². The van der Waals surface area contributed by atoms with Crippen molar-refractivity contribution in [2.75, 3.05) is 33.0 Å². The van der Waals surface area contributed by atoms with Gasteiger partial charge >= 0.3 is 5.69 Å². The predicted molar refractivity (Wildman–Crippen MR) is 110 cm³/mol. The Balaban J connectivity index is 0.00000280. The molecule has 2 aromatic rings. The summed E-state index contributed by atoms with van der Waals surface area (Å²) in [5, 5.41) is 29.6. The monoisotopic (exact) mass is 456 g/mol. The molecular weight excluding hydrogens is 428 g/mol. The molecule has 30 heavy (non-hydrogen) atoms. The molecule has 1 aliphatic heterocycles. The Morgan fingerprint density at radius 3 is 2.40 bits per heavy atom. The molecule has 3 heterocycles. The first-order chi connectivity index (χ1) is 12.8. The maximum absolute atomic E-state index is 13.0. The molecular formula is C15H29ClN6O8. The van der Waals surface area contributed by atoms with Crippen molar-refractivity contribution in [3.8, 4) is 0 Å². The van der Waals surface area contributed by atoms with Gasteiger partial charge in [-0.2, -0.15) is 4.98 Å². The van der Waals surface area contributed by atoms with Crippen LogP contribution in [0.5, 0.6) is 0 Å². The van der Waals surface area contributed by atoms with E-state index in [1.807, 2.05) is 19.0 Å². The summed E-state index contributed by atoms with van der Waals surface area (Å²) in [5.74, 6) is -0.196. The second-order valence-electron chi connectivity index (χ2n) is 6.81. The number of rotatable bonds is 6. The quantitative estimate of drug-likeness (QED) is 0.283. The van der Waals surface area contributed by atoms with Gasteiger partial charge in [-0.25, -0.2) is 9.36 Å². The van der Waals surface area contributed by atoms with E-state index in [1.54, 1.807) is 0 Å². The molecule has 4 atom stereocenters. The van der Waals surface area contributed by atoms with Crippen molar-refractivity contribution in [2.45, 2.75) is 37.5 Å². The van der Waals surface area contributed by atoms with E-state index in [1.165, 1.54) is 4.57 Å². The van der Waals surface area contributed by atoms with E-state index < -0.39 is 42.4 Å². The summed E-state index contributed by atoms with van der Waals surface area (Å²) in [6, 6.07) is 0. The summed E-state index contributed by atoms with van der Waals surface area (Å²) < 4.78 is 7.69. The van der Waals surface area contributed by atoms with E-state index in [2.05, 4.69) is 9.97 Å². The van der Waals surface area contributed by atoms with Crippen LogP contribution in [0.15, 0.2) is 9.59 Å². The first-order valence-corrected chi connectivity index (χ1v) is 8.54. The molecule has 1 aliphatic rings. The van der Waals surface area contributed by atoms with Crippen molar-refractivity contribution in [3.05, 3.63) is 20.8 Å². The highest BCUT2D eigenvalue weighted by molar-refractivity contribution is 5.85. The number of hydrogen-bond donors (Lipinski definition) is 5. The van der Waals surface area contributed by atoms with Gasteiger partial charge in [0.25, 0.3) is 5.56 Å². The number of hydrogen-bond acceptors (Lipinski definition) is 9. The fraction of sp³-hybridized carbons (Fsp3) is 0.667. The van der Waals surface area contributed by atoms with Crippen molar-refractivity contribution in [1.29, 1.82) is 0 Å². The van der Waals surface area contributed by atoms with Crippen LogP contribution >= 0.6 is 12.4 Å². The first-order valence-electron chi connectivity index (χ1n) is 8.54. The fourth-order valence-electron chi connectivity index (χ4n) is 3.27. The summed E-state index contributed by atoms with van der Waals surface area (Å²) in [5.41, 5.74) is 4.35. The van der Waals surface area contributed by atoms with E-state index in [0.717, 1.165) is 4.57 Å². The van der Waals surface area contributed by atoms with Crippen molar-refractivity contribution in [3.63, 3.8) is 0 Å². The van der Waals surface area contributed by atoms with Crippen LogP contribution in [0.1, 0.15) is 12.6 Å². The number of aryl methyl sites for hydroxylation is 1. The second kappa shape index (κ2) is 10.8. The molecule has 174 valence electrons. The third-order valence-electron chi connectivity index (χ3n) is 4.59. The van der Waals surface area contributed by atoms with Crippen LogP contribution in [0.3, 0.4) is 0 Å². The Hall–Kier alpha value is -2.04. The molecule has 0 amide bonds. The van der Waals surface area contributed by atoms with Crippen LogP contribution in [0.25, 0.3) is 11.2 Å². The molecule has 10 N–H and O–H groups in total. The lowest BCUT2D eigenvalue weighted by molar-refractivity contribution is -0.0528. The van der Waals surface area contributed by atoms with Gasteiger partial charge in [0.2, 0.25) is 5.95 Å². The van der Waals surface area contributed by atoms with E-state index in [0.29, 0.717) is 13.0 Å². The zero-order valence-electron chi connectivity index (χ0n) is 16.5. The number of ether oxygens (including phenoxy) is 1. The number of aliphatic hydroxyl groups excluding tert-OH is 3. The summed E-state index contributed by atoms with van der Waals surface area (Å²) in [4.78, 5) is 33.8. The Bertz CT molecular complexity index is 944. The molecule has 3 rings (SSSR count). The summed E-state index contributed by atoms with van der Waals surface area (Å²) in [7, 11) is 3.78. The van der Waals surface area contributed by atoms with E-state index >= 15 is 0 Å². The number of fused-ring (bicyclic) bond motifs is 1. The minimum Gasteiger partial charge on any atom is -0.412 e. The maximum Gasteiger partial charge on any atom is 0.332 e. The smallest absolute Gasteiger partial charge is 0.332 e. The van der Waals surface area contributed by atoms with Gasteiger partial charge in [-0.15, -0.1) is 12.4 Å². The number of imidazole rings is 1. The fourth-order valence-corrected chi connectivity index (χ4v) is 3.27. The number of nitrogen functional groups attached to an aromatic ring is 1. The van der Waals surface area contributed by atoms with Crippen LogP contribution in [-0.4, -0.2) is 95.8 Å². The number of aliphatic hydroxyl groups is 3. The molecule has 0 aromatic carbocycles. The number of H-pyrrole nitrogens is 1. The zero-order chi connectivity index (χ0) is 19.9. The zero-order valence-corrected chi connectivity index (χ0v) is 17.3. The second-order valence-corrected chi connectivity index (χ2v) is 6.81. The molecule has 0 saturated carbocycles. The standard InChI is InChI=1S/C15H24N6O6.ClH.2H2O/c1-19(2)4-3-5-20-8-11(17-14(16)18-12(8)25)21(15(20)26)13-10(24)9(23)7(6-22)27-13;;;/h7,9-10,13,22-24H,3-6H2,1-2H3,(H3,16,17,18,25);1H;2*1H2/t7-,9-,10-,13-;;;/m1.../s1. The Morgan fingerprint density at radius 2 is 1.87 bits per heavy atom. The van der Waals surface area contributed by atoms with Crippen LogP contribution in [0.2, 0.25) is 0 Å². The molecule has 1 saturated heterocycles. The van der Waals surface area contributed by atoms with Crippen LogP contribution < -0.4 is 17.0 Å². The predicted octanol–water partition coefficient (Wildman–Crippen LogP) is -4.20. The molecule has 14 nitrogen and oxygen atoms in total. The van der Waals surface area contributed by atoms with Gasteiger partial charge in [-0.3, -0.25) is 14.3 Å². The number of nitrogens with zero attached hydrogens (tertiary/aromatic N) is 4. The highest BCUT2D eigenvalue weighted by atomic mass is 35.5. The topological polar surface area (TPSA) is 235 Å². The van der Waals surface area contributed by atoms with Gasteiger partial charge in [0.05, 0.1) is 6.61 Å². The largest absolute Gasteiger partial charge is 0.412 e. The normalized spacial score (nSPS) is 23.1. The Morgan fingerprint density at radius 1 is 1.23 bits per heavy atom. The summed E-state index contributed by atoms with van der Waals surface area (Å²) in [6.07, 6.45) is -4.66. The van der Waals surface area contributed by atoms with Gasteiger partial charge in [0.1, 0.15) is 18.3 Å². The number of nitrogens with one attached hydrogen (secondary N) is 1. The summed E-state index contributed by atoms with van der Waals surface area (Å²) in [6.45, 7) is 0.387. The molecule has 0 radical (unpaired) electrons. The molecule has 1 fully saturated rings. The van der Waals surface area contributed by atoms with Gasteiger partial charge in [0.15, 0.2) is 17.4 Å². The number of aromatic amines is 1. The minimum absolute atomic E-state index is 0. The lowest BCUT2D eigenvalue weighted by Gasteiger charge is -2.15. The van der Waals surface area contributed by atoms with E-state index in [4.69, 9.17) is 10.5 Å². The van der Waals surface area contributed by atoms with Gasteiger partial charge in [-0.1, -0.05) is 0 Å². The lowest BCUT2D eigenvalue weighted by Crippen LogP contribution is -2.36. The SMILES string of the molecule is CN(C)CCCn1c(=O)n([C@@H]2O[C@H](CO)[C@@H](O)[C@H]2O)c2nc(N)[nH]c(=O)c21.Cl.O.O. The van der Waals surface area contributed by atoms with Gasteiger partial charge in [-0.05, 0) is 27.1 Å². The molecule has 0 bridgehead atoms. The minimum atomic E-state index is -1.48. The first kappa shape index (κ1) is 28.0. The van der Waals surface area contributed by atoms with Crippen LogP contribution in [0.4, 0.5) is 5.95 Å². The summed E-state index contributed by atoms with van der Waals surface area (Å²) >= 11 is 0. The van der Waals surface area contributed by atoms with Gasteiger partial charge in [0, 0.05) is 6.54 Å². The third-order valence-corrected chi connectivity index (χ3v) is 4.59. The maximum atomic E-state index is 13.0. The van der Waals surface area contributed by atoms with E-state index in [-0.39, 0.29) is 47.0 Å². The molecule has 0 spiro atoms. The van der Waals surface area contributed by atoms with Crippen molar-refractivity contribution >= 4 is 29.5 Å². The average molecular weight is 457 g/mol. The third kappa shape index (κ3) is 4.81. The van der Waals surface area contributed by atoms with Crippen molar-refractivity contribution in [2.24, 2.45) is 0 Å². The number of halogens is 1. The Labute approximate surface area is 176 Å². The molecule has 15 heteroatoms. The Kier molecular flexibility index (Phi) is 10.1. The van der Waals surface area contributed by atoms with Crippen LogP contribution in [0, 0.1) is 0 Å². The molecule has 2 aromatic heterocycles. The number of nitrogens with two attached hydrogens (primary N) is 1. The van der Waals surface area contributed by atoms with Crippen molar-refractivity contribution in [1.82, 2.24) is 24.0 Å². The highest BCUT2D eigenvalue weighted by Gasteiger charge is 2.45.